The zero-order valence-electron chi connectivity index (χ0n) is 14.9. The molecule has 2 aliphatic heterocycles. The highest BCUT2D eigenvalue weighted by atomic mass is 19.1. The molecule has 3 heterocycles. The van der Waals surface area contributed by atoms with E-state index in [0.29, 0.717) is 29.8 Å². The van der Waals surface area contributed by atoms with Crippen molar-refractivity contribution in [1.29, 1.82) is 0 Å². The van der Waals surface area contributed by atoms with Gasteiger partial charge in [-0.15, -0.1) is 0 Å². The highest BCUT2D eigenvalue weighted by Gasteiger charge is 2.33. The van der Waals surface area contributed by atoms with Gasteiger partial charge in [-0.25, -0.2) is 4.39 Å². The van der Waals surface area contributed by atoms with Gasteiger partial charge in [0.15, 0.2) is 0 Å². The van der Waals surface area contributed by atoms with Crippen molar-refractivity contribution >= 4 is 5.91 Å². The Hall–Kier alpha value is -2.21. The summed E-state index contributed by atoms with van der Waals surface area (Å²) in [5, 5.41) is 9.99. The maximum atomic E-state index is 13.1. The largest absolute Gasteiger partial charge is 0.352 e. The van der Waals surface area contributed by atoms with E-state index in [0.717, 1.165) is 5.56 Å². The van der Waals surface area contributed by atoms with Crippen molar-refractivity contribution in [1.82, 2.24) is 20.4 Å². The van der Waals surface area contributed by atoms with Gasteiger partial charge in [0.1, 0.15) is 5.82 Å². The number of hydrogen-bond acceptors (Lipinski definition) is 3. The monoisotopic (exact) mass is 356 g/mol. The molecule has 1 aromatic heterocycles. The molecular formula is C20H25FN4O. The van der Waals surface area contributed by atoms with Crippen molar-refractivity contribution in [2.24, 2.45) is 5.92 Å². The van der Waals surface area contributed by atoms with Gasteiger partial charge < -0.3 is 10.2 Å². The molecule has 1 aromatic carbocycles. The molecule has 4 rings (SSSR count). The highest BCUT2D eigenvalue weighted by molar-refractivity contribution is 5.99. The summed E-state index contributed by atoms with van der Waals surface area (Å²) >= 11 is 0. The molecule has 2 aromatic rings. The maximum absolute atomic E-state index is 13.1. The second kappa shape index (κ2) is 7.58. The number of H-pyrrole nitrogens is 1. The number of aromatic amines is 1. The molecule has 2 saturated heterocycles. The lowest BCUT2D eigenvalue weighted by Crippen LogP contribution is -2.51. The van der Waals surface area contributed by atoms with Crippen LogP contribution in [0.15, 0.2) is 30.5 Å². The fourth-order valence-corrected chi connectivity index (χ4v) is 4.43. The van der Waals surface area contributed by atoms with Crippen molar-refractivity contribution in [3.63, 3.8) is 0 Å². The van der Waals surface area contributed by atoms with Gasteiger partial charge in [0, 0.05) is 18.2 Å². The fourth-order valence-electron chi connectivity index (χ4n) is 4.43. The lowest BCUT2D eigenvalue weighted by atomic mass is 9.83. The highest BCUT2D eigenvalue weighted by Crippen LogP contribution is 2.30. The normalized spacial score (nSPS) is 23.4. The van der Waals surface area contributed by atoms with Gasteiger partial charge in [-0.2, -0.15) is 5.10 Å². The molecule has 2 aliphatic rings. The van der Waals surface area contributed by atoms with Crippen LogP contribution in [0, 0.1) is 11.7 Å². The zero-order chi connectivity index (χ0) is 17.9. The minimum Gasteiger partial charge on any atom is -0.352 e. The van der Waals surface area contributed by atoms with Crippen LogP contribution < -0.4 is 5.32 Å². The van der Waals surface area contributed by atoms with Crippen molar-refractivity contribution < 1.29 is 9.18 Å². The number of rotatable bonds is 4. The number of halogens is 1. The Morgan fingerprint density at radius 3 is 2.85 bits per heavy atom. The summed E-state index contributed by atoms with van der Waals surface area (Å²) in [5.41, 5.74) is 1.89. The molecule has 2 N–H and O–H groups in total. The van der Waals surface area contributed by atoms with Crippen LogP contribution in [0.25, 0.3) is 11.3 Å². The average molecular weight is 356 g/mol. The first-order valence-corrected chi connectivity index (χ1v) is 9.54. The Bertz CT molecular complexity index is 755. The van der Waals surface area contributed by atoms with Gasteiger partial charge >= 0.3 is 0 Å². The van der Waals surface area contributed by atoms with E-state index >= 15 is 0 Å². The lowest BCUT2D eigenvalue weighted by molar-refractivity contribution is 0.0576. The molecule has 0 bridgehead atoms. The minimum atomic E-state index is -0.298. The van der Waals surface area contributed by atoms with Gasteiger partial charge in [0.2, 0.25) is 0 Å². The molecule has 0 saturated carbocycles. The third-order valence-corrected chi connectivity index (χ3v) is 5.77. The van der Waals surface area contributed by atoms with E-state index in [1.807, 2.05) is 0 Å². The standard InChI is InChI=1S/C20H25FN4O/c21-16-8-6-14(7-9-16)19-17(13-23-24-19)20(26)22-12-15-4-3-11-25-10-2-1-5-18(15)25/h6-9,13,15,18H,1-5,10-12H2,(H,22,26)(H,23,24)/t15-,18-/m0/s1. The Labute approximate surface area is 153 Å². The molecule has 26 heavy (non-hydrogen) atoms. The number of nitrogens with one attached hydrogen (secondary N) is 2. The van der Waals surface area contributed by atoms with Crippen LogP contribution in [0.2, 0.25) is 0 Å². The van der Waals surface area contributed by atoms with Gasteiger partial charge in [-0.1, -0.05) is 6.42 Å². The van der Waals surface area contributed by atoms with E-state index in [9.17, 15) is 9.18 Å². The van der Waals surface area contributed by atoms with Crippen LogP contribution in [0.3, 0.4) is 0 Å². The number of amides is 1. The molecule has 1 amide bonds. The summed E-state index contributed by atoms with van der Waals surface area (Å²) in [5.74, 6) is 0.105. The van der Waals surface area contributed by atoms with Crippen LogP contribution in [0.4, 0.5) is 4.39 Å². The number of carbonyl (C=O) groups is 1. The number of carbonyl (C=O) groups excluding carboxylic acids is 1. The lowest BCUT2D eigenvalue weighted by Gasteiger charge is -2.44. The van der Waals surface area contributed by atoms with Gasteiger partial charge in [-0.3, -0.25) is 9.89 Å². The van der Waals surface area contributed by atoms with E-state index in [-0.39, 0.29) is 11.7 Å². The summed E-state index contributed by atoms with van der Waals surface area (Å²) in [6.07, 6.45) is 7.77. The second-order valence-electron chi connectivity index (χ2n) is 7.38. The van der Waals surface area contributed by atoms with Gasteiger partial charge in [0.25, 0.3) is 5.91 Å². The molecular weight excluding hydrogens is 331 g/mol. The average Bonchev–Trinajstić information content (AvgIpc) is 3.16. The SMILES string of the molecule is O=C(NC[C@@H]1CCCN2CCCC[C@@H]12)c1cn[nH]c1-c1ccc(F)cc1. The molecule has 2 fully saturated rings. The van der Waals surface area contributed by atoms with Crippen LogP contribution in [0.1, 0.15) is 42.5 Å². The summed E-state index contributed by atoms with van der Waals surface area (Å²) in [6.45, 7) is 3.10. The maximum Gasteiger partial charge on any atom is 0.255 e. The third kappa shape index (κ3) is 3.51. The Kier molecular flexibility index (Phi) is 5.02. The number of aromatic nitrogens is 2. The smallest absolute Gasteiger partial charge is 0.255 e. The molecule has 0 spiro atoms. The van der Waals surface area contributed by atoms with E-state index < -0.39 is 0 Å². The van der Waals surface area contributed by atoms with Crippen LogP contribution in [-0.4, -0.2) is 46.7 Å². The Morgan fingerprint density at radius 2 is 2.00 bits per heavy atom. The predicted molar refractivity (Wildman–Crippen MR) is 98.3 cm³/mol. The van der Waals surface area contributed by atoms with Gasteiger partial charge in [0.05, 0.1) is 17.5 Å². The quantitative estimate of drug-likeness (QED) is 0.884. The first kappa shape index (κ1) is 17.2. The number of hydrogen-bond donors (Lipinski definition) is 2. The van der Waals surface area contributed by atoms with E-state index in [1.54, 1.807) is 18.3 Å². The second-order valence-corrected chi connectivity index (χ2v) is 7.38. The summed E-state index contributed by atoms with van der Waals surface area (Å²) in [7, 11) is 0. The summed E-state index contributed by atoms with van der Waals surface area (Å²) in [4.78, 5) is 15.3. The summed E-state index contributed by atoms with van der Waals surface area (Å²) < 4.78 is 13.1. The number of benzene rings is 1. The number of fused-ring (bicyclic) bond motifs is 1. The molecule has 2 atom stereocenters. The van der Waals surface area contributed by atoms with E-state index in [4.69, 9.17) is 0 Å². The first-order chi connectivity index (χ1) is 12.7. The van der Waals surface area contributed by atoms with E-state index in [2.05, 4.69) is 20.4 Å². The van der Waals surface area contributed by atoms with Crippen molar-refractivity contribution in [3.8, 4) is 11.3 Å². The fraction of sp³-hybridized carbons (Fsp3) is 0.500. The van der Waals surface area contributed by atoms with Crippen LogP contribution >= 0.6 is 0 Å². The van der Waals surface area contributed by atoms with E-state index in [1.165, 1.54) is 57.3 Å². The Morgan fingerprint density at radius 1 is 1.19 bits per heavy atom. The first-order valence-electron chi connectivity index (χ1n) is 9.54. The number of nitrogens with zero attached hydrogens (tertiary/aromatic N) is 2. The molecule has 6 heteroatoms. The van der Waals surface area contributed by atoms with Crippen molar-refractivity contribution in [2.45, 2.75) is 38.1 Å². The van der Waals surface area contributed by atoms with Gasteiger partial charge in [-0.05, 0) is 69.0 Å². The molecule has 0 unspecified atom stereocenters. The molecule has 0 radical (unpaired) electrons. The predicted octanol–water partition coefficient (Wildman–Crippen LogP) is 3.21. The summed E-state index contributed by atoms with van der Waals surface area (Å²) in [6, 6.07) is 6.69. The van der Waals surface area contributed by atoms with Crippen molar-refractivity contribution in [2.75, 3.05) is 19.6 Å². The topological polar surface area (TPSA) is 61.0 Å². The minimum absolute atomic E-state index is 0.119. The third-order valence-electron chi connectivity index (χ3n) is 5.77. The molecule has 5 nitrogen and oxygen atoms in total. The Balaban J connectivity index is 1.43. The molecule has 0 aliphatic carbocycles. The van der Waals surface area contributed by atoms with Crippen LogP contribution in [0.5, 0.6) is 0 Å². The molecule has 138 valence electrons. The van der Waals surface area contributed by atoms with Crippen molar-refractivity contribution in [3.05, 3.63) is 41.8 Å². The van der Waals surface area contributed by atoms with Crippen LogP contribution in [-0.2, 0) is 0 Å². The zero-order valence-corrected chi connectivity index (χ0v) is 14.9. The number of piperidine rings is 2.